The van der Waals surface area contributed by atoms with Crippen LogP contribution in [0.15, 0.2) is 42.5 Å². The van der Waals surface area contributed by atoms with Crippen LogP contribution in [-0.2, 0) is 20.6 Å². The summed E-state index contributed by atoms with van der Waals surface area (Å²) in [5.41, 5.74) is -0.0347. The van der Waals surface area contributed by atoms with Gasteiger partial charge in [0.25, 0.3) is 0 Å². The van der Waals surface area contributed by atoms with E-state index in [0.29, 0.717) is 11.4 Å². The van der Waals surface area contributed by atoms with E-state index in [1.54, 1.807) is 6.07 Å². The topological polar surface area (TPSA) is 78.5 Å². The number of alkyl halides is 3. The smallest absolute Gasteiger partial charge is 0.326 e. The molecule has 2 N–H and O–H groups in total. The number of hydrogen-bond acceptors (Lipinski definition) is 3. The van der Waals surface area contributed by atoms with Crippen LogP contribution in [0.25, 0.3) is 0 Å². The number of hydrogen-bond donors (Lipinski definition) is 2. The zero-order valence-corrected chi connectivity index (χ0v) is 16.5. The molecule has 2 aromatic carbocycles. The predicted molar refractivity (Wildman–Crippen MR) is 106 cm³/mol. The number of carbonyl (C=O) groups excluding carboxylic acids is 3. The molecule has 3 amide bonds. The molecule has 1 heterocycles. The van der Waals surface area contributed by atoms with Gasteiger partial charge in [0.05, 0.1) is 22.2 Å². The first kappa shape index (κ1) is 21.6. The van der Waals surface area contributed by atoms with Gasteiger partial charge in [0, 0.05) is 31.3 Å². The fraction of sp³-hybridized carbons (Fsp3) is 0.250. The van der Waals surface area contributed by atoms with Crippen molar-refractivity contribution in [1.29, 1.82) is 0 Å². The van der Waals surface area contributed by atoms with Crippen LogP contribution < -0.4 is 15.5 Å². The Morgan fingerprint density at radius 1 is 1.13 bits per heavy atom. The van der Waals surface area contributed by atoms with Crippen molar-refractivity contribution >= 4 is 46.4 Å². The van der Waals surface area contributed by atoms with E-state index < -0.39 is 29.5 Å². The maximum Gasteiger partial charge on any atom is 0.416 e. The molecule has 30 heavy (non-hydrogen) atoms. The molecule has 0 saturated carbocycles. The van der Waals surface area contributed by atoms with E-state index in [1.807, 2.05) is 0 Å². The van der Waals surface area contributed by atoms with Crippen LogP contribution >= 0.6 is 11.6 Å². The Morgan fingerprint density at radius 2 is 1.87 bits per heavy atom. The Kier molecular flexibility index (Phi) is 6.02. The zero-order chi connectivity index (χ0) is 22.1. The quantitative estimate of drug-likeness (QED) is 0.745. The molecule has 1 saturated heterocycles. The average Bonchev–Trinajstić information content (AvgIpc) is 3.05. The lowest BCUT2D eigenvalue weighted by molar-refractivity contribution is -0.137. The van der Waals surface area contributed by atoms with Crippen LogP contribution in [0.5, 0.6) is 0 Å². The molecule has 158 valence electrons. The van der Waals surface area contributed by atoms with Gasteiger partial charge in [-0.3, -0.25) is 14.4 Å². The summed E-state index contributed by atoms with van der Waals surface area (Å²) < 4.78 is 38.8. The Bertz CT molecular complexity index is 1010. The summed E-state index contributed by atoms with van der Waals surface area (Å²) in [5.74, 6) is -1.95. The largest absolute Gasteiger partial charge is 0.416 e. The summed E-state index contributed by atoms with van der Waals surface area (Å²) >= 11 is 6.13. The Labute approximate surface area is 175 Å². The molecule has 0 radical (unpaired) electrons. The standard InChI is InChI=1S/C20H17ClF3N3O3/c1-11(28)25-14-5-6-17(16(21)9-14)26-19(30)12-7-18(29)27(10-12)15-4-2-3-13(8-15)20(22,23)24/h2-6,8-9,12H,7,10H2,1H3,(H,25,28)(H,26,30). The van der Waals surface area contributed by atoms with Crippen molar-refractivity contribution in [3.8, 4) is 0 Å². The number of nitrogens with one attached hydrogen (secondary N) is 2. The number of carbonyl (C=O) groups is 3. The predicted octanol–water partition coefficient (Wildman–Crippen LogP) is 4.31. The number of rotatable bonds is 4. The summed E-state index contributed by atoms with van der Waals surface area (Å²) in [6.07, 6.45) is -4.67. The van der Waals surface area contributed by atoms with Gasteiger partial charge in [-0.2, -0.15) is 13.2 Å². The lowest BCUT2D eigenvalue weighted by Crippen LogP contribution is -2.28. The van der Waals surface area contributed by atoms with Crippen LogP contribution in [0.4, 0.5) is 30.2 Å². The first-order chi connectivity index (χ1) is 14.0. The Morgan fingerprint density at radius 3 is 2.50 bits per heavy atom. The molecule has 0 bridgehead atoms. The van der Waals surface area contributed by atoms with Crippen LogP contribution in [-0.4, -0.2) is 24.3 Å². The monoisotopic (exact) mass is 439 g/mol. The van der Waals surface area contributed by atoms with Crippen LogP contribution in [0, 0.1) is 5.92 Å². The fourth-order valence-electron chi connectivity index (χ4n) is 3.12. The van der Waals surface area contributed by atoms with Crippen LogP contribution in [0.2, 0.25) is 5.02 Å². The molecule has 1 aliphatic heterocycles. The normalized spacial score (nSPS) is 16.5. The van der Waals surface area contributed by atoms with Crippen molar-refractivity contribution in [3.63, 3.8) is 0 Å². The molecular weight excluding hydrogens is 423 g/mol. The maximum absolute atomic E-state index is 12.9. The second-order valence-electron chi connectivity index (χ2n) is 6.82. The first-order valence-corrected chi connectivity index (χ1v) is 9.28. The van der Waals surface area contributed by atoms with Gasteiger partial charge in [-0.25, -0.2) is 0 Å². The third-order valence-electron chi connectivity index (χ3n) is 4.53. The molecule has 0 spiro atoms. The fourth-order valence-corrected chi connectivity index (χ4v) is 3.34. The number of anilines is 3. The van der Waals surface area contributed by atoms with Crippen molar-refractivity contribution in [2.24, 2.45) is 5.92 Å². The molecule has 3 rings (SSSR count). The minimum absolute atomic E-state index is 0.0480. The van der Waals surface area contributed by atoms with Gasteiger partial charge in [0.15, 0.2) is 0 Å². The molecule has 1 unspecified atom stereocenters. The molecule has 6 nitrogen and oxygen atoms in total. The van der Waals surface area contributed by atoms with Crippen molar-refractivity contribution in [2.45, 2.75) is 19.5 Å². The van der Waals surface area contributed by atoms with E-state index >= 15 is 0 Å². The molecule has 0 aromatic heterocycles. The summed E-state index contributed by atoms with van der Waals surface area (Å²) in [7, 11) is 0. The number of halogens is 4. The Hall–Kier alpha value is -3.07. The third kappa shape index (κ3) is 4.91. The van der Waals surface area contributed by atoms with E-state index in [0.717, 1.165) is 12.1 Å². The van der Waals surface area contributed by atoms with Gasteiger partial charge in [-0.1, -0.05) is 17.7 Å². The highest BCUT2D eigenvalue weighted by Gasteiger charge is 2.37. The van der Waals surface area contributed by atoms with Crippen molar-refractivity contribution in [3.05, 3.63) is 53.1 Å². The van der Waals surface area contributed by atoms with Gasteiger partial charge in [0.1, 0.15) is 0 Å². The van der Waals surface area contributed by atoms with E-state index in [4.69, 9.17) is 11.6 Å². The van der Waals surface area contributed by atoms with Gasteiger partial charge < -0.3 is 15.5 Å². The van der Waals surface area contributed by atoms with Gasteiger partial charge in [-0.05, 0) is 36.4 Å². The first-order valence-electron chi connectivity index (χ1n) is 8.90. The summed E-state index contributed by atoms with van der Waals surface area (Å²) in [5, 5.41) is 5.37. The summed E-state index contributed by atoms with van der Waals surface area (Å²) in [6, 6.07) is 8.94. The van der Waals surface area contributed by atoms with Crippen molar-refractivity contribution in [2.75, 3.05) is 22.1 Å². The highest BCUT2D eigenvalue weighted by Crippen LogP contribution is 2.34. The number of benzene rings is 2. The second kappa shape index (κ2) is 8.35. The van der Waals surface area contributed by atoms with Gasteiger partial charge in [0.2, 0.25) is 17.7 Å². The van der Waals surface area contributed by atoms with Crippen LogP contribution in [0.1, 0.15) is 18.9 Å². The molecule has 1 aliphatic rings. The van der Waals surface area contributed by atoms with Crippen molar-refractivity contribution in [1.82, 2.24) is 0 Å². The Balaban J connectivity index is 1.71. The van der Waals surface area contributed by atoms with Gasteiger partial charge >= 0.3 is 6.18 Å². The molecular formula is C20H17ClF3N3O3. The molecule has 0 aliphatic carbocycles. The average molecular weight is 440 g/mol. The maximum atomic E-state index is 12.9. The molecule has 10 heteroatoms. The third-order valence-corrected chi connectivity index (χ3v) is 4.84. The number of nitrogens with zero attached hydrogens (tertiary/aromatic N) is 1. The highest BCUT2D eigenvalue weighted by atomic mass is 35.5. The van der Waals surface area contributed by atoms with E-state index in [2.05, 4.69) is 10.6 Å². The van der Waals surface area contributed by atoms with E-state index in [-0.39, 0.29) is 29.6 Å². The van der Waals surface area contributed by atoms with Crippen LogP contribution in [0.3, 0.4) is 0 Å². The van der Waals surface area contributed by atoms with E-state index in [1.165, 1.54) is 36.1 Å². The van der Waals surface area contributed by atoms with Gasteiger partial charge in [-0.15, -0.1) is 0 Å². The number of amides is 3. The molecule has 2 aromatic rings. The zero-order valence-electron chi connectivity index (χ0n) is 15.7. The highest BCUT2D eigenvalue weighted by molar-refractivity contribution is 6.34. The minimum Gasteiger partial charge on any atom is -0.326 e. The SMILES string of the molecule is CC(=O)Nc1ccc(NC(=O)C2CC(=O)N(c3cccc(C(F)(F)F)c3)C2)c(Cl)c1. The molecule has 1 atom stereocenters. The lowest BCUT2D eigenvalue weighted by Gasteiger charge is -2.18. The van der Waals surface area contributed by atoms with Crippen molar-refractivity contribution < 1.29 is 27.6 Å². The lowest BCUT2D eigenvalue weighted by atomic mass is 10.1. The second-order valence-corrected chi connectivity index (χ2v) is 7.23. The summed E-state index contributed by atoms with van der Waals surface area (Å²) in [6.45, 7) is 1.30. The molecule has 1 fully saturated rings. The minimum atomic E-state index is -4.53. The van der Waals surface area contributed by atoms with E-state index in [9.17, 15) is 27.6 Å². The summed E-state index contributed by atoms with van der Waals surface area (Å²) in [4.78, 5) is 37.2.